The van der Waals surface area contributed by atoms with E-state index in [2.05, 4.69) is 56.0 Å². The van der Waals surface area contributed by atoms with Gasteiger partial charge < -0.3 is 0 Å². The number of benzene rings is 1. The molecule has 0 saturated carbocycles. The van der Waals surface area contributed by atoms with Crippen LogP contribution in [0.25, 0.3) is 0 Å². The SMILES string of the molecule is CCCCCCc1ccc(C#CC2=CCC(CCCCCC)CC2)cc1. The lowest BCUT2D eigenvalue weighted by Gasteiger charge is -2.19. The summed E-state index contributed by atoms with van der Waals surface area (Å²) in [5.41, 5.74) is 3.97. The second-order valence-electron chi connectivity index (χ2n) is 7.98. The maximum absolute atomic E-state index is 3.43. The molecule has 0 amide bonds. The summed E-state index contributed by atoms with van der Waals surface area (Å²) in [4.78, 5) is 0. The zero-order valence-electron chi connectivity index (χ0n) is 17.2. The quantitative estimate of drug-likeness (QED) is 0.297. The van der Waals surface area contributed by atoms with Crippen molar-refractivity contribution >= 4 is 0 Å². The topological polar surface area (TPSA) is 0 Å². The summed E-state index contributed by atoms with van der Waals surface area (Å²) in [5.74, 6) is 7.71. The third kappa shape index (κ3) is 8.27. The van der Waals surface area contributed by atoms with Gasteiger partial charge in [-0.05, 0) is 61.3 Å². The van der Waals surface area contributed by atoms with Gasteiger partial charge in [-0.1, -0.05) is 95.3 Å². The van der Waals surface area contributed by atoms with Crippen LogP contribution >= 0.6 is 0 Å². The zero-order valence-corrected chi connectivity index (χ0v) is 17.2. The van der Waals surface area contributed by atoms with Crippen LogP contribution in [0.1, 0.15) is 102 Å². The third-order valence-corrected chi connectivity index (χ3v) is 5.63. The molecule has 0 N–H and O–H groups in total. The van der Waals surface area contributed by atoms with Crippen molar-refractivity contribution in [1.29, 1.82) is 0 Å². The molecule has 2 rings (SSSR count). The van der Waals surface area contributed by atoms with Crippen molar-refractivity contribution < 1.29 is 0 Å². The first kappa shape index (κ1) is 20.8. The van der Waals surface area contributed by atoms with Gasteiger partial charge in [0.2, 0.25) is 0 Å². The first-order chi connectivity index (χ1) is 12.8. The van der Waals surface area contributed by atoms with E-state index >= 15 is 0 Å². The molecule has 1 aromatic rings. The molecule has 0 aromatic heterocycles. The second-order valence-corrected chi connectivity index (χ2v) is 7.98. The fourth-order valence-corrected chi connectivity index (χ4v) is 3.79. The summed E-state index contributed by atoms with van der Waals surface area (Å²) in [7, 11) is 0. The largest absolute Gasteiger partial charge is 0.0726 e. The number of rotatable bonds is 10. The minimum absolute atomic E-state index is 0.907. The summed E-state index contributed by atoms with van der Waals surface area (Å²) >= 11 is 0. The van der Waals surface area contributed by atoms with Gasteiger partial charge >= 0.3 is 0 Å². The molecule has 1 atom stereocenters. The van der Waals surface area contributed by atoms with Crippen LogP contribution in [-0.2, 0) is 6.42 Å². The van der Waals surface area contributed by atoms with Gasteiger partial charge in [-0.25, -0.2) is 0 Å². The predicted octanol–water partition coefficient (Wildman–Crippen LogP) is 7.86. The van der Waals surface area contributed by atoms with Crippen LogP contribution in [0.15, 0.2) is 35.9 Å². The van der Waals surface area contributed by atoms with E-state index in [0.717, 1.165) is 11.5 Å². The first-order valence-corrected chi connectivity index (χ1v) is 11.1. The average molecular weight is 351 g/mol. The van der Waals surface area contributed by atoms with Crippen LogP contribution in [0.5, 0.6) is 0 Å². The van der Waals surface area contributed by atoms with Gasteiger partial charge in [-0.2, -0.15) is 0 Å². The number of allylic oxidation sites excluding steroid dienone is 2. The van der Waals surface area contributed by atoms with Gasteiger partial charge in [0.1, 0.15) is 0 Å². The highest BCUT2D eigenvalue weighted by atomic mass is 14.2. The fourth-order valence-electron chi connectivity index (χ4n) is 3.79. The van der Waals surface area contributed by atoms with E-state index < -0.39 is 0 Å². The molecule has 0 heterocycles. The minimum Gasteiger partial charge on any atom is -0.0726 e. The Morgan fingerprint density at radius 1 is 0.846 bits per heavy atom. The monoisotopic (exact) mass is 350 g/mol. The van der Waals surface area contributed by atoms with Crippen LogP contribution in [0.2, 0.25) is 0 Å². The van der Waals surface area contributed by atoms with Crippen LogP contribution in [0.4, 0.5) is 0 Å². The Balaban J connectivity index is 1.74. The molecular weight excluding hydrogens is 312 g/mol. The molecule has 0 radical (unpaired) electrons. The Labute approximate surface area is 162 Å². The van der Waals surface area contributed by atoms with E-state index in [1.54, 1.807) is 0 Å². The Morgan fingerprint density at radius 3 is 2.23 bits per heavy atom. The summed E-state index contributed by atoms with van der Waals surface area (Å²) in [5, 5.41) is 0. The number of hydrogen-bond donors (Lipinski definition) is 0. The van der Waals surface area contributed by atoms with Crippen LogP contribution < -0.4 is 0 Å². The molecule has 0 heteroatoms. The molecule has 1 aliphatic rings. The predicted molar refractivity (Wildman–Crippen MR) is 115 cm³/mol. The van der Waals surface area contributed by atoms with Crippen LogP contribution in [0, 0.1) is 17.8 Å². The van der Waals surface area contributed by atoms with Gasteiger partial charge in [-0.15, -0.1) is 0 Å². The lowest BCUT2D eigenvalue weighted by Crippen LogP contribution is -2.05. The maximum Gasteiger partial charge on any atom is 0.0249 e. The van der Waals surface area contributed by atoms with Crippen molar-refractivity contribution in [2.45, 2.75) is 97.3 Å². The van der Waals surface area contributed by atoms with Gasteiger partial charge in [0.15, 0.2) is 0 Å². The molecule has 0 aliphatic heterocycles. The van der Waals surface area contributed by atoms with E-state index in [-0.39, 0.29) is 0 Å². The Morgan fingerprint density at radius 2 is 1.58 bits per heavy atom. The highest BCUT2D eigenvalue weighted by Gasteiger charge is 2.12. The fraction of sp³-hybridized carbons (Fsp3) is 0.615. The summed E-state index contributed by atoms with van der Waals surface area (Å²) in [6.07, 6.45) is 19.7. The Bertz CT molecular complexity index is 579. The second kappa shape index (κ2) is 12.8. The van der Waals surface area contributed by atoms with Crippen molar-refractivity contribution in [3.63, 3.8) is 0 Å². The summed E-state index contributed by atoms with van der Waals surface area (Å²) in [6, 6.07) is 8.92. The molecule has 0 spiro atoms. The third-order valence-electron chi connectivity index (χ3n) is 5.63. The van der Waals surface area contributed by atoms with E-state index in [9.17, 15) is 0 Å². The molecule has 142 valence electrons. The van der Waals surface area contributed by atoms with Crippen molar-refractivity contribution in [1.82, 2.24) is 0 Å². The van der Waals surface area contributed by atoms with Crippen molar-refractivity contribution in [2.75, 3.05) is 0 Å². The maximum atomic E-state index is 3.43. The molecule has 0 bridgehead atoms. The minimum atomic E-state index is 0.907. The van der Waals surface area contributed by atoms with E-state index in [0.29, 0.717) is 0 Å². The van der Waals surface area contributed by atoms with Crippen molar-refractivity contribution in [2.24, 2.45) is 5.92 Å². The first-order valence-electron chi connectivity index (χ1n) is 11.1. The van der Waals surface area contributed by atoms with E-state index in [4.69, 9.17) is 0 Å². The van der Waals surface area contributed by atoms with Crippen LogP contribution in [-0.4, -0.2) is 0 Å². The molecule has 0 fully saturated rings. The number of unbranched alkanes of at least 4 members (excludes halogenated alkanes) is 6. The van der Waals surface area contributed by atoms with E-state index in [1.807, 2.05) is 0 Å². The number of aryl methyl sites for hydroxylation is 1. The molecule has 0 saturated heterocycles. The van der Waals surface area contributed by atoms with Gasteiger partial charge in [0.05, 0.1) is 0 Å². The van der Waals surface area contributed by atoms with Gasteiger partial charge in [0.25, 0.3) is 0 Å². The normalized spacial score (nSPS) is 16.7. The standard InChI is InChI=1S/C26H38/c1-3-5-7-9-11-23-13-17-25(18-14-23)21-22-26-19-15-24(16-20-26)12-10-8-6-4-2/h13-14,17-19,24H,3-12,15-16,20H2,1-2H3. The molecule has 26 heavy (non-hydrogen) atoms. The van der Waals surface area contributed by atoms with Crippen molar-refractivity contribution in [3.05, 3.63) is 47.0 Å². The van der Waals surface area contributed by atoms with Gasteiger partial charge in [0, 0.05) is 5.56 Å². The zero-order chi connectivity index (χ0) is 18.5. The average Bonchev–Trinajstić information content (AvgIpc) is 2.69. The lowest BCUT2D eigenvalue weighted by atomic mass is 9.86. The van der Waals surface area contributed by atoms with Crippen LogP contribution in [0.3, 0.4) is 0 Å². The molecule has 1 aromatic carbocycles. The smallest absolute Gasteiger partial charge is 0.0249 e. The van der Waals surface area contributed by atoms with E-state index in [1.165, 1.54) is 94.6 Å². The number of hydrogen-bond acceptors (Lipinski definition) is 0. The Kier molecular flexibility index (Phi) is 10.3. The molecular formula is C26H38. The molecule has 0 nitrogen and oxygen atoms in total. The summed E-state index contributed by atoms with van der Waals surface area (Å²) in [6.45, 7) is 4.55. The highest BCUT2D eigenvalue weighted by Crippen LogP contribution is 2.27. The summed E-state index contributed by atoms with van der Waals surface area (Å²) < 4.78 is 0. The highest BCUT2D eigenvalue weighted by molar-refractivity contribution is 5.42. The van der Waals surface area contributed by atoms with Crippen molar-refractivity contribution in [3.8, 4) is 11.8 Å². The Hall–Kier alpha value is -1.48. The lowest BCUT2D eigenvalue weighted by molar-refractivity contribution is 0.417. The molecule has 1 aliphatic carbocycles. The molecule has 1 unspecified atom stereocenters. The van der Waals surface area contributed by atoms with Gasteiger partial charge in [-0.3, -0.25) is 0 Å².